The molecule has 1 aromatic heterocycles. The van der Waals surface area contributed by atoms with E-state index in [2.05, 4.69) is 36.8 Å². The Morgan fingerprint density at radius 2 is 2.38 bits per heavy atom. The lowest BCUT2D eigenvalue weighted by molar-refractivity contribution is 0.729. The van der Waals surface area contributed by atoms with Gasteiger partial charge in [0.25, 0.3) is 0 Å². The number of hydrogen-bond acceptors (Lipinski definition) is 1. The molecule has 13 heavy (non-hydrogen) atoms. The van der Waals surface area contributed by atoms with E-state index in [9.17, 15) is 0 Å². The normalized spacial score (nSPS) is 14.5. The zero-order valence-corrected chi connectivity index (χ0v) is 8.67. The van der Waals surface area contributed by atoms with E-state index >= 15 is 0 Å². The van der Waals surface area contributed by atoms with Gasteiger partial charge in [-0.2, -0.15) is 0 Å². The van der Waals surface area contributed by atoms with Crippen LogP contribution in [0.2, 0.25) is 0 Å². The van der Waals surface area contributed by atoms with Crippen LogP contribution in [-0.2, 0) is 6.54 Å². The topological polar surface area (TPSA) is 28.1 Å². The van der Waals surface area contributed by atoms with Crippen molar-refractivity contribution in [1.82, 2.24) is 4.98 Å². The molecular weight excluding hydrogens is 160 g/mol. The van der Waals surface area contributed by atoms with Gasteiger partial charge in [-0.3, -0.25) is 4.99 Å². The number of nitrogens with zero attached hydrogens (tertiary/aromatic N) is 1. The van der Waals surface area contributed by atoms with Gasteiger partial charge < -0.3 is 4.98 Å². The van der Waals surface area contributed by atoms with Gasteiger partial charge in [0.15, 0.2) is 0 Å². The Labute approximate surface area is 80.1 Å². The molecule has 0 aliphatic rings. The summed E-state index contributed by atoms with van der Waals surface area (Å²) in [5, 5.41) is 0. The Hall–Kier alpha value is -1.05. The van der Waals surface area contributed by atoms with Gasteiger partial charge in [-0.1, -0.05) is 13.8 Å². The van der Waals surface area contributed by atoms with Crippen molar-refractivity contribution in [1.29, 1.82) is 0 Å². The maximum atomic E-state index is 4.52. The lowest BCUT2D eigenvalue weighted by Crippen LogP contribution is -2.05. The standard InChI is InChI=1S/C11H18N2/c1-4-9(2)10(3)13-8-11-6-5-7-12-11/h5-7,9,12H,4,8H2,1-3H3. The minimum atomic E-state index is 0.606. The number of aromatic amines is 1. The quantitative estimate of drug-likeness (QED) is 0.686. The number of aliphatic imine (C=N–C) groups is 1. The first-order valence-electron chi connectivity index (χ1n) is 4.87. The summed E-state index contributed by atoms with van der Waals surface area (Å²) in [5.41, 5.74) is 2.43. The molecule has 0 aromatic carbocycles. The van der Waals surface area contributed by atoms with Crippen LogP contribution in [0.25, 0.3) is 0 Å². The highest BCUT2D eigenvalue weighted by Gasteiger charge is 2.01. The first-order chi connectivity index (χ1) is 6.24. The number of H-pyrrole nitrogens is 1. The molecule has 72 valence electrons. The summed E-state index contributed by atoms with van der Waals surface area (Å²) < 4.78 is 0. The summed E-state index contributed by atoms with van der Waals surface area (Å²) in [7, 11) is 0. The average molecular weight is 178 g/mol. The summed E-state index contributed by atoms with van der Waals surface area (Å²) >= 11 is 0. The lowest BCUT2D eigenvalue weighted by Gasteiger charge is -2.06. The van der Waals surface area contributed by atoms with Crippen LogP contribution in [0, 0.1) is 5.92 Å². The molecule has 0 aliphatic carbocycles. The van der Waals surface area contributed by atoms with Gasteiger partial charge in [0.2, 0.25) is 0 Å². The third kappa shape index (κ3) is 3.05. The molecule has 0 saturated carbocycles. The van der Waals surface area contributed by atoms with E-state index in [-0.39, 0.29) is 0 Å². The van der Waals surface area contributed by atoms with E-state index in [1.165, 1.54) is 17.8 Å². The molecule has 2 heteroatoms. The molecule has 0 aliphatic heterocycles. The third-order valence-electron chi connectivity index (χ3n) is 2.49. The average Bonchev–Trinajstić information content (AvgIpc) is 2.65. The fraction of sp³-hybridized carbons (Fsp3) is 0.545. The Balaban J connectivity index is 2.48. The van der Waals surface area contributed by atoms with Crippen molar-refractivity contribution in [3.63, 3.8) is 0 Å². The van der Waals surface area contributed by atoms with Crippen LogP contribution in [0.3, 0.4) is 0 Å². The molecule has 0 bridgehead atoms. The molecule has 0 amide bonds. The van der Waals surface area contributed by atoms with Crippen LogP contribution < -0.4 is 0 Å². The second-order valence-electron chi connectivity index (χ2n) is 3.46. The minimum Gasteiger partial charge on any atom is -0.363 e. The van der Waals surface area contributed by atoms with Crippen molar-refractivity contribution in [2.75, 3.05) is 0 Å². The van der Waals surface area contributed by atoms with Crippen LogP contribution in [0.15, 0.2) is 23.3 Å². The van der Waals surface area contributed by atoms with E-state index in [1.807, 2.05) is 12.3 Å². The van der Waals surface area contributed by atoms with E-state index in [1.54, 1.807) is 0 Å². The van der Waals surface area contributed by atoms with Crippen LogP contribution >= 0.6 is 0 Å². The zero-order valence-electron chi connectivity index (χ0n) is 8.67. The molecule has 0 fully saturated rings. The maximum Gasteiger partial charge on any atom is 0.0788 e. The Kier molecular flexibility index (Phi) is 3.74. The molecule has 2 nitrogen and oxygen atoms in total. The molecule has 1 aromatic rings. The van der Waals surface area contributed by atoms with E-state index in [0.29, 0.717) is 5.92 Å². The molecular formula is C11H18N2. The van der Waals surface area contributed by atoms with Gasteiger partial charge in [-0.05, 0) is 31.4 Å². The summed E-state index contributed by atoms with van der Waals surface area (Å²) in [5.74, 6) is 0.606. The molecule has 0 radical (unpaired) electrons. The summed E-state index contributed by atoms with van der Waals surface area (Å²) in [6, 6.07) is 4.07. The predicted molar refractivity (Wildman–Crippen MR) is 57.1 cm³/mol. The Morgan fingerprint density at radius 1 is 1.62 bits per heavy atom. The predicted octanol–water partition coefficient (Wildman–Crippen LogP) is 3.02. The third-order valence-corrected chi connectivity index (χ3v) is 2.49. The first-order valence-corrected chi connectivity index (χ1v) is 4.87. The first kappa shape index (κ1) is 10.0. The van der Waals surface area contributed by atoms with Crippen molar-refractivity contribution in [3.8, 4) is 0 Å². The molecule has 1 atom stereocenters. The summed E-state index contributed by atoms with van der Waals surface area (Å²) in [6.07, 6.45) is 3.10. The van der Waals surface area contributed by atoms with E-state index in [4.69, 9.17) is 0 Å². The molecule has 0 saturated heterocycles. The van der Waals surface area contributed by atoms with Crippen molar-refractivity contribution in [2.45, 2.75) is 33.7 Å². The summed E-state index contributed by atoms with van der Waals surface area (Å²) in [4.78, 5) is 7.67. The fourth-order valence-corrected chi connectivity index (χ4v) is 1.13. The van der Waals surface area contributed by atoms with Crippen molar-refractivity contribution in [2.24, 2.45) is 10.9 Å². The largest absolute Gasteiger partial charge is 0.363 e. The Morgan fingerprint density at radius 3 is 2.92 bits per heavy atom. The van der Waals surface area contributed by atoms with Crippen LogP contribution in [0.5, 0.6) is 0 Å². The molecule has 1 heterocycles. The second-order valence-corrected chi connectivity index (χ2v) is 3.46. The van der Waals surface area contributed by atoms with Gasteiger partial charge in [0.05, 0.1) is 6.54 Å². The van der Waals surface area contributed by atoms with Crippen molar-refractivity contribution < 1.29 is 0 Å². The van der Waals surface area contributed by atoms with Crippen molar-refractivity contribution >= 4 is 5.71 Å². The van der Waals surface area contributed by atoms with E-state index in [0.717, 1.165) is 6.54 Å². The monoisotopic (exact) mass is 178 g/mol. The highest BCUT2D eigenvalue weighted by atomic mass is 14.8. The smallest absolute Gasteiger partial charge is 0.0788 e. The zero-order chi connectivity index (χ0) is 9.68. The second kappa shape index (κ2) is 4.85. The molecule has 1 unspecified atom stereocenters. The number of nitrogens with one attached hydrogen (secondary N) is 1. The SMILES string of the molecule is CCC(C)C(C)=NCc1ccc[nH]1. The fourth-order valence-electron chi connectivity index (χ4n) is 1.13. The van der Waals surface area contributed by atoms with Gasteiger partial charge in [0.1, 0.15) is 0 Å². The van der Waals surface area contributed by atoms with Crippen LogP contribution in [0.4, 0.5) is 0 Å². The Bertz CT molecular complexity index is 260. The molecule has 1 rings (SSSR count). The van der Waals surface area contributed by atoms with Gasteiger partial charge >= 0.3 is 0 Å². The lowest BCUT2D eigenvalue weighted by atomic mass is 10.0. The summed E-state index contributed by atoms with van der Waals surface area (Å²) in [6.45, 7) is 7.30. The number of rotatable bonds is 4. The highest BCUT2D eigenvalue weighted by molar-refractivity contribution is 5.83. The van der Waals surface area contributed by atoms with E-state index < -0.39 is 0 Å². The van der Waals surface area contributed by atoms with Gasteiger partial charge in [0, 0.05) is 17.6 Å². The van der Waals surface area contributed by atoms with Crippen molar-refractivity contribution in [3.05, 3.63) is 24.0 Å². The number of aromatic nitrogens is 1. The minimum absolute atomic E-state index is 0.606. The molecule has 1 N–H and O–H groups in total. The van der Waals surface area contributed by atoms with Crippen LogP contribution in [-0.4, -0.2) is 10.7 Å². The van der Waals surface area contributed by atoms with Gasteiger partial charge in [-0.15, -0.1) is 0 Å². The number of hydrogen-bond donors (Lipinski definition) is 1. The maximum absolute atomic E-state index is 4.52. The van der Waals surface area contributed by atoms with Gasteiger partial charge in [-0.25, -0.2) is 0 Å². The highest BCUT2D eigenvalue weighted by Crippen LogP contribution is 2.05. The van der Waals surface area contributed by atoms with Crippen LogP contribution in [0.1, 0.15) is 32.9 Å². The molecule has 0 spiro atoms.